The SMILES string of the molecule is CN(C)c1ccc2nc3c(=O)[nH]c(=O)nc-3n(CCCCCCO)c2c1. The topological polar surface area (TPSA) is 104 Å². The van der Waals surface area contributed by atoms with Gasteiger partial charge in [0, 0.05) is 32.9 Å². The monoisotopic (exact) mass is 357 g/mol. The molecule has 1 aromatic rings. The van der Waals surface area contributed by atoms with E-state index in [1.165, 1.54) is 0 Å². The average Bonchev–Trinajstić information content (AvgIpc) is 2.61. The standard InChI is InChI=1S/C18H23N5O3/c1-22(2)12-7-8-13-14(11-12)23(9-5-3-4-6-10-24)16-15(19-13)17(25)21-18(26)20-16/h7-8,11,24H,3-6,9-10H2,1-2H3,(H,21,25,26). The first kappa shape index (κ1) is 18.1. The fourth-order valence-electron chi connectivity index (χ4n) is 3.02. The summed E-state index contributed by atoms with van der Waals surface area (Å²) in [5.74, 6) is 0.310. The number of rotatable bonds is 7. The van der Waals surface area contributed by atoms with E-state index in [1.54, 1.807) is 0 Å². The maximum Gasteiger partial charge on any atom is 0.349 e. The molecular formula is C18H23N5O3. The van der Waals surface area contributed by atoms with Crippen LogP contribution in [0, 0.1) is 0 Å². The zero-order valence-corrected chi connectivity index (χ0v) is 15.0. The van der Waals surface area contributed by atoms with E-state index in [0.717, 1.165) is 36.9 Å². The molecule has 0 aliphatic carbocycles. The molecule has 0 atom stereocenters. The number of nitrogens with zero attached hydrogens (tertiary/aromatic N) is 4. The van der Waals surface area contributed by atoms with Crippen molar-refractivity contribution in [1.82, 2.24) is 19.5 Å². The third kappa shape index (κ3) is 3.60. The van der Waals surface area contributed by atoms with E-state index in [9.17, 15) is 9.59 Å². The molecule has 2 N–H and O–H groups in total. The van der Waals surface area contributed by atoms with Crippen molar-refractivity contribution in [3.63, 3.8) is 0 Å². The number of aromatic amines is 1. The molecule has 0 spiro atoms. The number of hydrogen-bond acceptors (Lipinski definition) is 6. The van der Waals surface area contributed by atoms with Gasteiger partial charge < -0.3 is 14.6 Å². The Bertz CT molecular complexity index is 992. The number of H-pyrrole nitrogens is 1. The van der Waals surface area contributed by atoms with Crippen LogP contribution in [0.3, 0.4) is 0 Å². The Kier molecular flexibility index (Phi) is 5.32. The number of aromatic nitrogens is 4. The second-order valence-electron chi connectivity index (χ2n) is 6.51. The molecule has 138 valence electrons. The third-order valence-corrected chi connectivity index (χ3v) is 4.40. The van der Waals surface area contributed by atoms with Crippen molar-refractivity contribution in [2.24, 2.45) is 0 Å². The van der Waals surface area contributed by atoms with Crippen molar-refractivity contribution in [3.8, 4) is 11.5 Å². The number of hydrogen-bond donors (Lipinski definition) is 2. The minimum Gasteiger partial charge on any atom is -0.396 e. The van der Waals surface area contributed by atoms with E-state index in [4.69, 9.17) is 5.11 Å². The summed E-state index contributed by atoms with van der Waals surface area (Å²) < 4.78 is 1.90. The molecule has 2 aliphatic rings. The van der Waals surface area contributed by atoms with Crippen LogP contribution >= 0.6 is 0 Å². The van der Waals surface area contributed by atoms with Gasteiger partial charge in [-0.3, -0.25) is 9.78 Å². The van der Waals surface area contributed by atoms with E-state index in [0.29, 0.717) is 17.9 Å². The maximum atomic E-state index is 12.2. The number of aliphatic hydroxyl groups excluding tert-OH is 1. The highest BCUT2D eigenvalue weighted by Gasteiger charge is 2.18. The van der Waals surface area contributed by atoms with Crippen LogP contribution in [0.5, 0.6) is 0 Å². The Labute approximate surface area is 150 Å². The highest BCUT2D eigenvalue weighted by molar-refractivity contribution is 5.82. The van der Waals surface area contributed by atoms with Gasteiger partial charge in [-0.15, -0.1) is 0 Å². The number of anilines is 1. The highest BCUT2D eigenvalue weighted by Crippen LogP contribution is 2.25. The summed E-state index contributed by atoms with van der Waals surface area (Å²) in [4.78, 5) is 36.5. The van der Waals surface area contributed by atoms with Crippen molar-refractivity contribution in [3.05, 3.63) is 39.0 Å². The summed E-state index contributed by atoms with van der Waals surface area (Å²) >= 11 is 0. The Balaban J connectivity index is 2.14. The smallest absolute Gasteiger partial charge is 0.349 e. The van der Waals surface area contributed by atoms with Crippen molar-refractivity contribution >= 4 is 16.7 Å². The minimum absolute atomic E-state index is 0.171. The molecule has 0 unspecified atom stereocenters. The predicted molar refractivity (Wildman–Crippen MR) is 101 cm³/mol. The van der Waals surface area contributed by atoms with Gasteiger partial charge in [0.05, 0.1) is 11.0 Å². The number of nitrogens with one attached hydrogen (secondary N) is 1. The van der Waals surface area contributed by atoms with Crippen molar-refractivity contribution in [2.45, 2.75) is 32.2 Å². The summed E-state index contributed by atoms with van der Waals surface area (Å²) in [5.41, 5.74) is 1.51. The van der Waals surface area contributed by atoms with Crippen LogP contribution in [0.15, 0.2) is 27.8 Å². The fourth-order valence-corrected chi connectivity index (χ4v) is 3.02. The van der Waals surface area contributed by atoms with Crippen molar-refractivity contribution in [1.29, 1.82) is 0 Å². The number of aryl methyl sites for hydroxylation is 1. The molecule has 2 heterocycles. The third-order valence-electron chi connectivity index (χ3n) is 4.40. The van der Waals surface area contributed by atoms with E-state index in [-0.39, 0.29) is 12.3 Å². The van der Waals surface area contributed by atoms with Crippen LogP contribution in [-0.4, -0.2) is 45.3 Å². The van der Waals surface area contributed by atoms with Crippen molar-refractivity contribution in [2.75, 3.05) is 25.6 Å². The van der Waals surface area contributed by atoms with Gasteiger partial charge in [0.2, 0.25) is 0 Å². The molecule has 8 nitrogen and oxygen atoms in total. The van der Waals surface area contributed by atoms with Crippen LogP contribution in [0.1, 0.15) is 25.7 Å². The van der Waals surface area contributed by atoms with Gasteiger partial charge in [-0.25, -0.2) is 9.78 Å². The molecule has 0 aromatic heterocycles. The van der Waals surface area contributed by atoms with Gasteiger partial charge in [0.1, 0.15) is 0 Å². The van der Waals surface area contributed by atoms with Gasteiger partial charge in [0.25, 0.3) is 5.56 Å². The normalized spacial score (nSPS) is 11.3. The fraction of sp³-hybridized carbons (Fsp3) is 0.444. The first-order valence-electron chi connectivity index (χ1n) is 8.74. The summed E-state index contributed by atoms with van der Waals surface area (Å²) in [7, 11) is 3.90. The lowest BCUT2D eigenvalue weighted by Gasteiger charge is -2.19. The molecule has 26 heavy (non-hydrogen) atoms. The highest BCUT2D eigenvalue weighted by atomic mass is 16.3. The molecule has 0 fully saturated rings. The van der Waals surface area contributed by atoms with Gasteiger partial charge in [-0.1, -0.05) is 12.8 Å². The van der Waals surface area contributed by atoms with E-state index >= 15 is 0 Å². The quantitative estimate of drug-likeness (QED) is 0.486. The summed E-state index contributed by atoms with van der Waals surface area (Å²) in [6, 6.07) is 5.80. The molecule has 2 aliphatic heterocycles. The molecule has 0 saturated heterocycles. The van der Waals surface area contributed by atoms with Gasteiger partial charge in [-0.05, 0) is 31.0 Å². The number of benzene rings is 1. The first-order chi connectivity index (χ1) is 12.5. The number of aliphatic hydroxyl groups is 1. The molecular weight excluding hydrogens is 334 g/mol. The molecule has 3 rings (SSSR count). The van der Waals surface area contributed by atoms with Gasteiger partial charge >= 0.3 is 5.69 Å². The van der Waals surface area contributed by atoms with Crippen LogP contribution in [0.25, 0.3) is 22.6 Å². The summed E-state index contributed by atoms with van der Waals surface area (Å²) in [6.45, 7) is 0.810. The van der Waals surface area contributed by atoms with Crippen LogP contribution in [0.2, 0.25) is 0 Å². The summed E-state index contributed by atoms with van der Waals surface area (Å²) in [6.07, 6.45) is 3.51. The Hall–Kier alpha value is -2.74. The maximum absolute atomic E-state index is 12.2. The van der Waals surface area contributed by atoms with Crippen molar-refractivity contribution < 1.29 is 5.11 Å². The molecule has 8 heteroatoms. The molecule has 0 bridgehead atoms. The van der Waals surface area contributed by atoms with Gasteiger partial charge in [0.15, 0.2) is 11.5 Å². The van der Waals surface area contributed by atoms with Crippen LogP contribution in [0.4, 0.5) is 5.69 Å². The van der Waals surface area contributed by atoms with Crippen LogP contribution in [-0.2, 0) is 6.54 Å². The molecule has 1 aromatic carbocycles. The molecule has 0 radical (unpaired) electrons. The van der Waals surface area contributed by atoms with E-state index in [2.05, 4.69) is 15.0 Å². The van der Waals surface area contributed by atoms with Gasteiger partial charge in [-0.2, -0.15) is 4.98 Å². The van der Waals surface area contributed by atoms with E-state index < -0.39 is 11.2 Å². The second kappa shape index (κ2) is 7.65. The number of unbranched alkanes of at least 4 members (excludes halogenated alkanes) is 3. The Morgan fingerprint density at radius 1 is 1.12 bits per heavy atom. The minimum atomic E-state index is -0.665. The largest absolute Gasteiger partial charge is 0.396 e. The Morgan fingerprint density at radius 2 is 1.88 bits per heavy atom. The lowest BCUT2D eigenvalue weighted by atomic mass is 10.1. The lowest BCUT2D eigenvalue weighted by Crippen LogP contribution is -2.29. The summed E-state index contributed by atoms with van der Waals surface area (Å²) in [5, 5.41) is 8.91. The Morgan fingerprint density at radius 3 is 2.62 bits per heavy atom. The average molecular weight is 357 g/mol. The number of fused-ring (bicyclic) bond motifs is 2. The first-order valence-corrected chi connectivity index (χ1v) is 8.74. The zero-order valence-electron chi connectivity index (χ0n) is 15.0. The van der Waals surface area contributed by atoms with Crippen LogP contribution < -0.4 is 16.1 Å². The second-order valence-corrected chi connectivity index (χ2v) is 6.51. The lowest BCUT2D eigenvalue weighted by molar-refractivity contribution is 0.282. The molecule has 0 amide bonds. The zero-order chi connectivity index (χ0) is 18.7. The molecule has 0 saturated carbocycles. The van der Waals surface area contributed by atoms with E-state index in [1.807, 2.05) is 41.8 Å². The predicted octanol–water partition coefficient (Wildman–Crippen LogP) is 1.20.